The minimum atomic E-state index is -1.00. The highest BCUT2D eigenvalue weighted by molar-refractivity contribution is 5.80. The zero-order valence-corrected chi connectivity index (χ0v) is 12.4. The molecule has 1 unspecified atom stereocenters. The summed E-state index contributed by atoms with van der Waals surface area (Å²) in [4.78, 5) is 15.4. The standard InChI is InChI=1S/C16H18FN3O2/c1-12(21)16(22)20-10-8-19(9-11-20)15(6-7-18)13-2-4-14(17)5-3-13/h2-6,12,21H,8-11H2,1H3/b15-6+. The lowest BCUT2D eigenvalue weighted by atomic mass is 10.1. The number of amides is 1. The van der Waals surface area contributed by atoms with Crippen molar-refractivity contribution < 1.29 is 14.3 Å². The van der Waals surface area contributed by atoms with Crippen molar-refractivity contribution in [3.05, 3.63) is 41.7 Å². The first kappa shape index (κ1) is 16.0. The van der Waals surface area contributed by atoms with Crippen LogP contribution in [-0.4, -0.2) is 53.1 Å². The molecule has 1 fully saturated rings. The van der Waals surface area contributed by atoms with Crippen LogP contribution in [0.4, 0.5) is 4.39 Å². The Morgan fingerprint density at radius 2 is 1.82 bits per heavy atom. The van der Waals surface area contributed by atoms with Gasteiger partial charge in [0.2, 0.25) is 0 Å². The first-order valence-corrected chi connectivity index (χ1v) is 7.10. The number of aliphatic hydroxyl groups is 1. The molecule has 1 amide bonds. The fourth-order valence-corrected chi connectivity index (χ4v) is 2.47. The Kier molecular flexibility index (Phi) is 5.12. The third kappa shape index (κ3) is 3.62. The lowest BCUT2D eigenvalue weighted by Crippen LogP contribution is -2.50. The average molecular weight is 303 g/mol. The summed E-state index contributed by atoms with van der Waals surface area (Å²) in [5, 5.41) is 18.3. The molecule has 1 N–H and O–H groups in total. The van der Waals surface area contributed by atoms with Crippen molar-refractivity contribution >= 4 is 11.6 Å². The molecular formula is C16H18FN3O2. The maximum Gasteiger partial charge on any atom is 0.251 e. The number of hydrogen-bond donors (Lipinski definition) is 1. The normalized spacial score (nSPS) is 17.1. The molecule has 1 aliphatic rings. The van der Waals surface area contributed by atoms with E-state index >= 15 is 0 Å². The van der Waals surface area contributed by atoms with Gasteiger partial charge in [0.05, 0.1) is 11.8 Å². The maximum absolute atomic E-state index is 13.0. The molecule has 0 radical (unpaired) electrons. The van der Waals surface area contributed by atoms with E-state index in [-0.39, 0.29) is 11.7 Å². The SMILES string of the molecule is CC(O)C(=O)N1CCN(/C(=C/C#N)c2ccc(F)cc2)CC1. The Bertz CT molecular complexity index is 597. The maximum atomic E-state index is 13.0. The van der Waals surface area contributed by atoms with Crippen LogP contribution in [0.3, 0.4) is 0 Å². The zero-order valence-electron chi connectivity index (χ0n) is 12.4. The summed E-state index contributed by atoms with van der Waals surface area (Å²) in [6.07, 6.45) is 0.428. The van der Waals surface area contributed by atoms with Gasteiger partial charge in [-0.05, 0) is 36.8 Å². The summed E-state index contributed by atoms with van der Waals surface area (Å²) < 4.78 is 13.0. The monoisotopic (exact) mass is 303 g/mol. The van der Waals surface area contributed by atoms with Gasteiger partial charge in [0.25, 0.3) is 5.91 Å². The summed E-state index contributed by atoms with van der Waals surface area (Å²) in [6, 6.07) is 7.98. The van der Waals surface area contributed by atoms with Gasteiger partial charge < -0.3 is 14.9 Å². The molecule has 1 aromatic carbocycles. The lowest BCUT2D eigenvalue weighted by molar-refractivity contribution is -0.140. The van der Waals surface area contributed by atoms with Crippen LogP contribution < -0.4 is 0 Å². The van der Waals surface area contributed by atoms with Gasteiger partial charge in [0.15, 0.2) is 0 Å². The number of allylic oxidation sites excluding steroid dienone is 1. The van der Waals surface area contributed by atoms with Gasteiger partial charge in [-0.25, -0.2) is 4.39 Å². The van der Waals surface area contributed by atoms with Crippen molar-refractivity contribution in [2.24, 2.45) is 0 Å². The Labute approximate surface area is 128 Å². The van der Waals surface area contributed by atoms with E-state index in [1.54, 1.807) is 17.0 Å². The number of aliphatic hydroxyl groups excluding tert-OH is 1. The highest BCUT2D eigenvalue weighted by atomic mass is 19.1. The Morgan fingerprint density at radius 1 is 1.27 bits per heavy atom. The number of piperazine rings is 1. The number of benzene rings is 1. The van der Waals surface area contributed by atoms with Crippen LogP contribution in [0.1, 0.15) is 12.5 Å². The van der Waals surface area contributed by atoms with E-state index in [1.165, 1.54) is 25.1 Å². The minimum Gasteiger partial charge on any atom is -0.384 e. The van der Waals surface area contributed by atoms with Crippen LogP contribution in [0.15, 0.2) is 30.3 Å². The molecule has 2 rings (SSSR count). The molecule has 22 heavy (non-hydrogen) atoms. The second-order valence-electron chi connectivity index (χ2n) is 5.15. The summed E-state index contributed by atoms with van der Waals surface area (Å²) >= 11 is 0. The van der Waals surface area contributed by atoms with Gasteiger partial charge >= 0.3 is 0 Å². The second-order valence-corrected chi connectivity index (χ2v) is 5.15. The summed E-state index contributed by atoms with van der Waals surface area (Å²) in [5.74, 6) is -0.611. The van der Waals surface area contributed by atoms with Crippen molar-refractivity contribution in [2.75, 3.05) is 26.2 Å². The highest BCUT2D eigenvalue weighted by Crippen LogP contribution is 2.21. The van der Waals surface area contributed by atoms with Crippen molar-refractivity contribution in [1.29, 1.82) is 5.26 Å². The number of rotatable bonds is 3. The minimum absolute atomic E-state index is 0.285. The quantitative estimate of drug-likeness (QED) is 0.853. The first-order chi connectivity index (χ1) is 10.5. The van der Waals surface area contributed by atoms with Gasteiger partial charge in [0, 0.05) is 32.3 Å². The van der Waals surface area contributed by atoms with Crippen LogP contribution in [0.5, 0.6) is 0 Å². The first-order valence-electron chi connectivity index (χ1n) is 7.10. The Balaban J connectivity index is 2.10. The van der Waals surface area contributed by atoms with E-state index in [0.29, 0.717) is 31.9 Å². The summed E-state index contributed by atoms with van der Waals surface area (Å²) in [6.45, 7) is 3.53. The van der Waals surface area contributed by atoms with Crippen molar-refractivity contribution in [3.8, 4) is 6.07 Å². The van der Waals surface area contributed by atoms with Crippen LogP contribution in [0, 0.1) is 17.1 Å². The molecule has 1 saturated heterocycles. The van der Waals surface area contributed by atoms with Crippen LogP contribution in [0.25, 0.3) is 5.70 Å². The molecule has 1 aliphatic heterocycles. The van der Waals surface area contributed by atoms with E-state index in [1.807, 2.05) is 11.0 Å². The highest BCUT2D eigenvalue weighted by Gasteiger charge is 2.25. The third-order valence-electron chi connectivity index (χ3n) is 3.63. The number of nitrogens with zero attached hydrogens (tertiary/aromatic N) is 3. The Hall–Kier alpha value is -2.39. The number of carbonyl (C=O) groups excluding carboxylic acids is 1. The molecule has 0 bridgehead atoms. The van der Waals surface area contributed by atoms with E-state index < -0.39 is 6.10 Å². The van der Waals surface area contributed by atoms with Gasteiger partial charge in [0.1, 0.15) is 11.9 Å². The van der Waals surface area contributed by atoms with Gasteiger partial charge in [-0.1, -0.05) is 0 Å². The summed E-state index contributed by atoms with van der Waals surface area (Å²) in [7, 11) is 0. The number of hydrogen-bond acceptors (Lipinski definition) is 4. The molecule has 116 valence electrons. The van der Waals surface area contributed by atoms with E-state index in [2.05, 4.69) is 0 Å². The van der Waals surface area contributed by atoms with Crippen LogP contribution >= 0.6 is 0 Å². The second kappa shape index (κ2) is 7.05. The Morgan fingerprint density at radius 3 is 2.32 bits per heavy atom. The van der Waals surface area contributed by atoms with Crippen molar-refractivity contribution in [3.63, 3.8) is 0 Å². The molecule has 0 spiro atoms. The molecule has 1 aromatic rings. The van der Waals surface area contributed by atoms with Crippen molar-refractivity contribution in [2.45, 2.75) is 13.0 Å². The molecule has 6 heteroatoms. The number of carbonyl (C=O) groups is 1. The summed E-state index contributed by atoms with van der Waals surface area (Å²) in [5.41, 5.74) is 1.48. The third-order valence-corrected chi connectivity index (χ3v) is 3.63. The number of halogens is 1. The van der Waals surface area contributed by atoms with E-state index in [0.717, 1.165) is 5.56 Å². The fraction of sp³-hybridized carbons (Fsp3) is 0.375. The molecule has 5 nitrogen and oxygen atoms in total. The molecule has 1 atom stereocenters. The fourth-order valence-electron chi connectivity index (χ4n) is 2.47. The zero-order chi connectivity index (χ0) is 16.1. The van der Waals surface area contributed by atoms with E-state index in [4.69, 9.17) is 5.26 Å². The van der Waals surface area contributed by atoms with Gasteiger partial charge in [-0.2, -0.15) is 5.26 Å². The average Bonchev–Trinajstić information content (AvgIpc) is 2.53. The smallest absolute Gasteiger partial charge is 0.251 e. The van der Waals surface area contributed by atoms with Gasteiger partial charge in [-0.15, -0.1) is 0 Å². The number of nitriles is 1. The van der Waals surface area contributed by atoms with Crippen LogP contribution in [-0.2, 0) is 4.79 Å². The van der Waals surface area contributed by atoms with E-state index in [9.17, 15) is 14.3 Å². The van der Waals surface area contributed by atoms with Gasteiger partial charge in [-0.3, -0.25) is 4.79 Å². The van der Waals surface area contributed by atoms with Crippen molar-refractivity contribution in [1.82, 2.24) is 9.80 Å². The predicted molar refractivity (Wildman–Crippen MR) is 79.8 cm³/mol. The lowest BCUT2D eigenvalue weighted by Gasteiger charge is -2.37. The van der Waals surface area contributed by atoms with Crippen LogP contribution in [0.2, 0.25) is 0 Å². The predicted octanol–water partition coefficient (Wildman–Crippen LogP) is 1.22. The molecule has 0 saturated carbocycles. The topological polar surface area (TPSA) is 67.6 Å². The molecule has 0 aliphatic carbocycles. The largest absolute Gasteiger partial charge is 0.384 e. The molecule has 0 aromatic heterocycles. The molecular weight excluding hydrogens is 285 g/mol. The molecule has 1 heterocycles.